The van der Waals surface area contributed by atoms with Gasteiger partial charge in [-0.15, -0.1) is 0 Å². The van der Waals surface area contributed by atoms with Crippen LogP contribution in [-0.4, -0.2) is 25.0 Å². The molecule has 6 heteroatoms. The van der Waals surface area contributed by atoms with E-state index in [1.54, 1.807) is 12.1 Å². The van der Waals surface area contributed by atoms with Crippen LogP contribution >= 0.6 is 0 Å². The molecule has 3 N–H and O–H groups in total. The Morgan fingerprint density at radius 1 is 1.13 bits per heavy atom. The quantitative estimate of drug-likeness (QED) is 0.757. The van der Waals surface area contributed by atoms with E-state index in [9.17, 15) is 9.59 Å². The molecule has 0 bridgehead atoms. The monoisotopic (exact) mass is 314 g/mol. The molecule has 23 heavy (non-hydrogen) atoms. The van der Waals surface area contributed by atoms with E-state index in [0.717, 1.165) is 19.5 Å². The number of quaternary nitrogens is 1. The normalized spacial score (nSPS) is 16.4. The Balaban J connectivity index is 1.43. The van der Waals surface area contributed by atoms with E-state index in [4.69, 9.17) is 4.42 Å². The number of carbonyl (C=O) groups is 2. The average molecular weight is 314 g/mol. The summed E-state index contributed by atoms with van der Waals surface area (Å²) in [5.74, 6) is 0.377. The molecule has 1 aliphatic heterocycles. The molecule has 120 valence electrons. The van der Waals surface area contributed by atoms with Crippen LogP contribution < -0.4 is 15.5 Å². The van der Waals surface area contributed by atoms with Crippen molar-refractivity contribution in [2.45, 2.75) is 19.5 Å². The first-order valence-electron chi connectivity index (χ1n) is 7.71. The molecular formula is C17H20N3O3+. The number of nitrogens with one attached hydrogen (secondary N) is 3. The third-order valence-corrected chi connectivity index (χ3v) is 3.97. The summed E-state index contributed by atoms with van der Waals surface area (Å²) in [5, 5.41) is 4.96. The molecule has 2 heterocycles. The highest BCUT2D eigenvalue weighted by Crippen LogP contribution is 2.10. The largest absolute Gasteiger partial charge is 0.467 e. The van der Waals surface area contributed by atoms with E-state index in [0.29, 0.717) is 12.3 Å². The lowest BCUT2D eigenvalue weighted by atomic mass is 10.00. The Kier molecular flexibility index (Phi) is 4.73. The zero-order chi connectivity index (χ0) is 16.1. The molecule has 1 aromatic heterocycles. The third-order valence-electron chi connectivity index (χ3n) is 3.97. The summed E-state index contributed by atoms with van der Waals surface area (Å²) in [7, 11) is 0. The first-order chi connectivity index (χ1) is 11.2. The topological polar surface area (TPSA) is 75.8 Å². The fraction of sp³-hybridized carbons (Fsp3) is 0.294. The SMILES string of the molecule is O=C(C[NH+]1CCc2ccccc2C1)NC(=O)NCc1ccco1. The summed E-state index contributed by atoms with van der Waals surface area (Å²) in [6.07, 6.45) is 2.50. The summed E-state index contributed by atoms with van der Waals surface area (Å²) in [6, 6.07) is 11.3. The molecule has 1 aromatic carbocycles. The molecule has 0 saturated carbocycles. The van der Waals surface area contributed by atoms with Gasteiger partial charge in [0, 0.05) is 12.0 Å². The van der Waals surface area contributed by atoms with Gasteiger partial charge < -0.3 is 14.6 Å². The Labute approximate surface area is 134 Å². The van der Waals surface area contributed by atoms with Crippen molar-refractivity contribution in [1.29, 1.82) is 0 Å². The number of urea groups is 1. The zero-order valence-corrected chi connectivity index (χ0v) is 12.8. The van der Waals surface area contributed by atoms with Crippen LogP contribution in [0.5, 0.6) is 0 Å². The maximum Gasteiger partial charge on any atom is 0.321 e. The van der Waals surface area contributed by atoms with Gasteiger partial charge in [-0.05, 0) is 17.7 Å². The van der Waals surface area contributed by atoms with Crippen molar-refractivity contribution in [3.8, 4) is 0 Å². The molecule has 0 aliphatic carbocycles. The van der Waals surface area contributed by atoms with Crippen molar-refractivity contribution >= 4 is 11.9 Å². The summed E-state index contributed by atoms with van der Waals surface area (Å²) < 4.78 is 5.11. The number of benzene rings is 1. The molecule has 6 nitrogen and oxygen atoms in total. The van der Waals surface area contributed by atoms with Crippen molar-refractivity contribution in [3.63, 3.8) is 0 Å². The van der Waals surface area contributed by atoms with Crippen LogP contribution in [0.15, 0.2) is 47.1 Å². The van der Waals surface area contributed by atoms with Gasteiger partial charge in [-0.3, -0.25) is 10.1 Å². The van der Waals surface area contributed by atoms with Gasteiger partial charge in [0.2, 0.25) is 0 Å². The van der Waals surface area contributed by atoms with E-state index < -0.39 is 6.03 Å². The van der Waals surface area contributed by atoms with E-state index in [-0.39, 0.29) is 12.5 Å². The van der Waals surface area contributed by atoms with Crippen LogP contribution in [-0.2, 0) is 24.3 Å². The van der Waals surface area contributed by atoms with Crippen molar-refractivity contribution in [2.75, 3.05) is 13.1 Å². The molecular weight excluding hydrogens is 294 g/mol. The minimum absolute atomic E-state index is 0.260. The molecule has 0 spiro atoms. The Hall–Kier alpha value is -2.60. The number of fused-ring (bicyclic) bond motifs is 1. The highest BCUT2D eigenvalue weighted by atomic mass is 16.3. The van der Waals surface area contributed by atoms with Crippen LogP contribution in [0.3, 0.4) is 0 Å². The summed E-state index contributed by atoms with van der Waals surface area (Å²) in [5.41, 5.74) is 2.64. The third kappa shape index (κ3) is 4.20. The number of furan rings is 1. The number of hydrogen-bond donors (Lipinski definition) is 3. The maximum atomic E-state index is 12.0. The van der Waals surface area contributed by atoms with Gasteiger partial charge in [-0.2, -0.15) is 0 Å². The molecule has 3 rings (SSSR count). The minimum Gasteiger partial charge on any atom is -0.467 e. The standard InChI is InChI=1S/C17H19N3O3/c21-16(19-17(22)18-10-15-6-3-9-23-15)12-20-8-7-13-4-1-2-5-14(13)11-20/h1-6,9H,7-8,10-12H2,(H2,18,19,21,22)/p+1. The van der Waals surface area contributed by atoms with Crippen LogP contribution in [0, 0.1) is 0 Å². The van der Waals surface area contributed by atoms with Gasteiger partial charge in [-0.25, -0.2) is 4.79 Å². The van der Waals surface area contributed by atoms with Gasteiger partial charge in [0.1, 0.15) is 12.3 Å². The second-order valence-corrected chi connectivity index (χ2v) is 5.68. The number of rotatable bonds is 4. The number of carbonyl (C=O) groups excluding carboxylic acids is 2. The van der Waals surface area contributed by atoms with Crippen molar-refractivity contribution < 1.29 is 18.9 Å². The molecule has 3 amide bonds. The summed E-state index contributed by atoms with van der Waals surface area (Å²) in [6.45, 7) is 2.27. The number of hydrogen-bond acceptors (Lipinski definition) is 3. The molecule has 2 aromatic rings. The van der Waals surface area contributed by atoms with E-state index >= 15 is 0 Å². The van der Waals surface area contributed by atoms with Crippen LogP contribution in [0.2, 0.25) is 0 Å². The highest BCUT2D eigenvalue weighted by Gasteiger charge is 2.22. The van der Waals surface area contributed by atoms with Crippen molar-refractivity contribution in [3.05, 3.63) is 59.5 Å². The first kappa shape index (κ1) is 15.3. The van der Waals surface area contributed by atoms with Gasteiger partial charge in [0.15, 0.2) is 6.54 Å². The first-order valence-corrected chi connectivity index (χ1v) is 7.71. The molecule has 0 saturated heterocycles. The molecule has 1 atom stereocenters. The van der Waals surface area contributed by atoms with Gasteiger partial charge in [0.25, 0.3) is 5.91 Å². The predicted molar refractivity (Wildman–Crippen MR) is 83.6 cm³/mol. The number of amides is 3. The van der Waals surface area contributed by atoms with Crippen LogP contribution in [0.25, 0.3) is 0 Å². The summed E-state index contributed by atoms with van der Waals surface area (Å²) in [4.78, 5) is 24.8. The molecule has 1 unspecified atom stereocenters. The predicted octanol–water partition coefficient (Wildman–Crippen LogP) is 0.247. The average Bonchev–Trinajstić information content (AvgIpc) is 3.06. The zero-order valence-electron chi connectivity index (χ0n) is 12.8. The maximum absolute atomic E-state index is 12.0. The summed E-state index contributed by atoms with van der Waals surface area (Å²) >= 11 is 0. The van der Waals surface area contributed by atoms with Crippen LogP contribution in [0.4, 0.5) is 4.79 Å². The fourth-order valence-electron chi connectivity index (χ4n) is 2.82. The second-order valence-electron chi connectivity index (χ2n) is 5.68. The van der Waals surface area contributed by atoms with Crippen LogP contribution in [0.1, 0.15) is 16.9 Å². The lowest BCUT2D eigenvalue weighted by Gasteiger charge is -2.25. The Bertz CT molecular complexity index is 682. The highest BCUT2D eigenvalue weighted by molar-refractivity contribution is 5.94. The Morgan fingerprint density at radius 2 is 1.96 bits per heavy atom. The minimum atomic E-state index is -0.497. The number of imide groups is 1. The van der Waals surface area contributed by atoms with E-state index in [2.05, 4.69) is 22.8 Å². The smallest absolute Gasteiger partial charge is 0.321 e. The van der Waals surface area contributed by atoms with Crippen molar-refractivity contribution in [1.82, 2.24) is 10.6 Å². The lowest BCUT2D eigenvalue weighted by Crippen LogP contribution is -3.13. The van der Waals surface area contributed by atoms with E-state index in [1.807, 2.05) is 12.1 Å². The molecule has 0 fully saturated rings. The lowest BCUT2D eigenvalue weighted by molar-refractivity contribution is -0.908. The van der Waals surface area contributed by atoms with E-state index in [1.165, 1.54) is 22.3 Å². The fourth-order valence-corrected chi connectivity index (χ4v) is 2.82. The van der Waals surface area contributed by atoms with Gasteiger partial charge in [-0.1, -0.05) is 24.3 Å². The van der Waals surface area contributed by atoms with Gasteiger partial charge in [0.05, 0.1) is 19.4 Å². The Morgan fingerprint density at radius 3 is 2.74 bits per heavy atom. The molecule has 0 radical (unpaired) electrons. The second kappa shape index (κ2) is 7.11. The van der Waals surface area contributed by atoms with Gasteiger partial charge >= 0.3 is 6.03 Å². The van der Waals surface area contributed by atoms with Crippen molar-refractivity contribution in [2.24, 2.45) is 0 Å². The molecule has 1 aliphatic rings.